The lowest BCUT2D eigenvalue weighted by molar-refractivity contribution is 0.482. The van der Waals surface area contributed by atoms with Crippen LogP contribution < -0.4 is 15.2 Å². The van der Waals surface area contributed by atoms with E-state index >= 15 is 0 Å². The second kappa shape index (κ2) is 15.0. The zero-order valence-electron chi connectivity index (χ0n) is 35.3. The summed E-state index contributed by atoms with van der Waals surface area (Å²) in [5, 5.41) is 2.05. The first-order chi connectivity index (χ1) is 29.3. The Morgan fingerprint density at radius 1 is 0.569 bits per heavy atom. The molecule has 7 aromatic carbocycles. The van der Waals surface area contributed by atoms with Crippen molar-refractivity contribution in [1.82, 2.24) is 9.55 Å². The molecule has 0 radical (unpaired) electrons. The fourth-order valence-electron chi connectivity index (χ4n) is 7.49. The number of hydrogen-bond acceptors (Lipinski definition) is 4. The molecule has 9 aromatic rings. The van der Waals surface area contributed by atoms with Gasteiger partial charge < -0.3 is 15.2 Å². The van der Waals surface area contributed by atoms with Crippen LogP contribution in [0.5, 0.6) is 23.0 Å². The number of rotatable bonds is 8. The number of ether oxygens (including phenoxy) is 2. The quantitative estimate of drug-likeness (QED) is 0.155. The van der Waals surface area contributed by atoms with Crippen LogP contribution in [-0.4, -0.2) is 9.55 Å². The number of nitrogens with two attached hydrogens (primary N) is 1. The number of fused-ring (bicyclic) bond motifs is 3. The molecule has 0 amide bonds. The molecular weight excluding hydrogens is 778 g/mol. The average molecular weight is 824 g/mol. The first-order valence-corrected chi connectivity index (χ1v) is 20.0. The van der Waals surface area contributed by atoms with E-state index < -0.39 is 6.85 Å². The third-order valence-electron chi connectivity index (χ3n) is 10.5. The van der Waals surface area contributed by atoms with Crippen molar-refractivity contribution in [2.24, 2.45) is 0 Å². The smallest absolute Gasteiger partial charge is 0.137 e. The summed E-state index contributed by atoms with van der Waals surface area (Å²) >= 11 is 3.54. The van der Waals surface area contributed by atoms with Gasteiger partial charge in [0, 0.05) is 54.0 Å². The number of pyridine rings is 1. The third kappa shape index (κ3) is 7.23. The minimum Gasteiger partial charge on any atom is -0.457 e. The lowest BCUT2D eigenvalue weighted by Gasteiger charge is -2.19. The van der Waals surface area contributed by atoms with Gasteiger partial charge in [-0.15, -0.1) is 0 Å². The van der Waals surface area contributed by atoms with Crippen molar-refractivity contribution in [3.05, 3.63) is 186 Å². The van der Waals surface area contributed by atoms with Crippen molar-refractivity contribution < 1.29 is 13.6 Å². The summed E-state index contributed by atoms with van der Waals surface area (Å²) in [6.45, 7) is 4.15. The number of aryl methyl sites for hydroxylation is 1. The Labute approximate surface area is 351 Å². The van der Waals surface area contributed by atoms with Gasteiger partial charge in [0.2, 0.25) is 0 Å². The molecule has 0 fully saturated rings. The first kappa shape index (κ1) is 33.5. The van der Waals surface area contributed by atoms with Crippen LogP contribution in [-0.2, 0) is 5.41 Å². The SMILES string of the molecule is [2H]C([2H])([2H])c1cc(-n2c3ccc(C(C)(C)C)cc3c3ccc(Oc4cccc(Br)c4)cc32)ncc1-c1ccc(Oc2cccc(-c3cccc(-c4ccccc4)c3N)c2)cc1. The summed E-state index contributed by atoms with van der Waals surface area (Å²) in [6.07, 6.45) is 1.66. The molecule has 0 saturated carbocycles. The van der Waals surface area contributed by atoms with E-state index in [0.717, 1.165) is 48.5 Å². The molecule has 2 aromatic heterocycles. The molecule has 0 saturated heterocycles. The van der Waals surface area contributed by atoms with Crippen molar-refractivity contribution in [2.75, 3.05) is 5.73 Å². The Morgan fingerprint density at radius 2 is 1.22 bits per heavy atom. The molecule has 58 heavy (non-hydrogen) atoms. The van der Waals surface area contributed by atoms with Crippen LogP contribution in [0.1, 0.15) is 36.0 Å². The van der Waals surface area contributed by atoms with Crippen LogP contribution >= 0.6 is 15.9 Å². The summed E-state index contributed by atoms with van der Waals surface area (Å²) in [4.78, 5) is 4.95. The Morgan fingerprint density at radius 3 is 1.98 bits per heavy atom. The molecule has 0 aliphatic carbocycles. The van der Waals surface area contributed by atoms with Gasteiger partial charge in [0.05, 0.1) is 11.0 Å². The van der Waals surface area contributed by atoms with Gasteiger partial charge in [0.1, 0.15) is 28.8 Å². The van der Waals surface area contributed by atoms with Crippen molar-refractivity contribution in [2.45, 2.75) is 33.0 Å². The molecule has 6 heteroatoms. The highest BCUT2D eigenvalue weighted by atomic mass is 79.9. The predicted octanol–water partition coefficient (Wildman–Crippen LogP) is 14.7. The summed E-state index contributed by atoms with van der Waals surface area (Å²) in [7, 11) is 0. The molecule has 0 unspecified atom stereocenters. The van der Waals surface area contributed by atoms with E-state index in [0.29, 0.717) is 45.6 Å². The number of aromatic nitrogens is 2. The molecule has 0 aliphatic rings. The van der Waals surface area contributed by atoms with Crippen molar-refractivity contribution in [3.8, 4) is 62.2 Å². The van der Waals surface area contributed by atoms with Crippen LogP contribution in [0, 0.1) is 6.85 Å². The van der Waals surface area contributed by atoms with Gasteiger partial charge in [-0.05, 0) is 113 Å². The third-order valence-corrected chi connectivity index (χ3v) is 11.0. The molecule has 2 heterocycles. The van der Waals surface area contributed by atoms with Gasteiger partial charge in [-0.2, -0.15) is 0 Å². The van der Waals surface area contributed by atoms with Crippen LogP contribution in [0.15, 0.2) is 174 Å². The number of nitrogens with zero attached hydrogens (tertiary/aromatic N) is 2. The van der Waals surface area contributed by atoms with Gasteiger partial charge >= 0.3 is 0 Å². The Kier molecular flexibility index (Phi) is 8.68. The highest BCUT2D eigenvalue weighted by molar-refractivity contribution is 9.10. The summed E-state index contributed by atoms with van der Waals surface area (Å²) in [5.41, 5.74) is 15.6. The Balaban J connectivity index is 1.06. The summed E-state index contributed by atoms with van der Waals surface area (Å²) in [5.74, 6) is 3.09. The van der Waals surface area contributed by atoms with Gasteiger partial charge in [0.15, 0.2) is 0 Å². The van der Waals surface area contributed by atoms with Gasteiger partial charge in [-0.3, -0.25) is 4.57 Å². The standard InChI is InChI=1S/C52H42BrN3O2/c1-33-27-50(56-48-26-21-37(52(2,3)4)29-46(48)45-25-24-42(31-49(45)56)58-41-16-9-14-38(53)30-41)55-32-47(33)35-19-22-39(23-20-35)57-40-15-8-13-36(28-40)44-18-10-17-43(51(44)54)34-11-6-5-7-12-34/h5-32H,54H2,1-4H3/i1D3. The molecule has 284 valence electrons. The molecular formula is C52H42BrN3O2. The Hall–Kier alpha value is -6.63. The van der Waals surface area contributed by atoms with E-state index in [1.54, 1.807) is 12.3 Å². The van der Waals surface area contributed by atoms with E-state index in [1.165, 1.54) is 5.56 Å². The molecule has 2 N–H and O–H groups in total. The molecule has 0 aliphatic heterocycles. The second-order valence-electron chi connectivity index (χ2n) is 15.4. The topological polar surface area (TPSA) is 62.3 Å². The second-order valence-corrected chi connectivity index (χ2v) is 16.3. The van der Waals surface area contributed by atoms with Gasteiger partial charge in [0.25, 0.3) is 0 Å². The number of hydrogen-bond donors (Lipinski definition) is 1. The lowest BCUT2D eigenvalue weighted by Crippen LogP contribution is -2.10. The lowest BCUT2D eigenvalue weighted by atomic mass is 9.86. The molecule has 0 bridgehead atoms. The largest absolute Gasteiger partial charge is 0.457 e. The van der Waals surface area contributed by atoms with Crippen LogP contribution in [0.25, 0.3) is 61.0 Å². The first-order valence-electron chi connectivity index (χ1n) is 20.7. The van der Waals surface area contributed by atoms with E-state index in [2.05, 4.69) is 73.1 Å². The fourth-order valence-corrected chi connectivity index (χ4v) is 7.87. The minimum absolute atomic E-state index is 0.0742. The highest BCUT2D eigenvalue weighted by Gasteiger charge is 2.20. The predicted molar refractivity (Wildman–Crippen MR) is 243 cm³/mol. The van der Waals surface area contributed by atoms with E-state index in [4.69, 9.17) is 24.3 Å². The number of benzene rings is 7. The zero-order chi connectivity index (χ0) is 42.5. The number of halogens is 1. The normalized spacial score (nSPS) is 12.6. The van der Waals surface area contributed by atoms with Crippen molar-refractivity contribution >= 4 is 43.4 Å². The van der Waals surface area contributed by atoms with Crippen LogP contribution in [0.4, 0.5) is 5.69 Å². The maximum Gasteiger partial charge on any atom is 0.137 e. The van der Waals surface area contributed by atoms with Crippen LogP contribution in [0.2, 0.25) is 0 Å². The maximum atomic E-state index is 8.68. The Bertz CT molecular complexity index is 3080. The molecule has 0 spiro atoms. The molecule has 5 nitrogen and oxygen atoms in total. The van der Waals surface area contributed by atoms with Gasteiger partial charge in [-0.25, -0.2) is 4.98 Å². The number of nitrogen functional groups attached to an aromatic ring is 1. The van der Waals surface area contributed by atoms with Crippen molar-refractivity contribution in [3.63, 3.8) is 0 Å². The summed E-state index contributed by atoms with van der Waals surface area (Å²) in [6, 6.07) is 53.3. The minimum atomic E-state index is -2.44. The molecule has 9 rings (SSSR count). The van der Waals surface area contributed by atoms with Gasteiger partial charge in [-0.1, -0.05) is 122 Å². The van der Waals surface area contributed by atoms with Crippen LogP contribution in [0.3, 0.4) is 0 Å². The van der Waals surface area contributed by atoms with E-state index in [-0.39, 0.29) is 11.0 Å². The number of para-hydroxylation sites is 1. The highest BCUT2D eigenvalue weighted by Crippen LogP contribution is 2.40. The zero-order valence-corrected chi connectivity index (χ0v) is 33.9. The number of anilines is 1. The monoisotopic (exact) mass is 822 g/mol. The van der Waals surface area contributed by atoms with E-state index in [1.807, 2.05) is 126 Å². The molecule has 0 atom stereocenters. The van der Waals surface area contributed by atoms with E-state index in [9.17, 15) is 0 Å². The maximum absolute atomic E-state index is 8.68. The van der Waals surface area contributed by atoms with Crippen molar-refractivity contribution in [1.29, 1.82) is 0 Å². The summed E-state index contributed by atoms with van der Waals surface area (Å²) < 4.78 is 41.6. The fraction of sp³-hybridized carbons (Fsp3) is 0.0962. The average Bonchev–Trinajstić information content (AvgIpc) is 3.56.